The van der Waals surface area contributed by atoms with Gasteiger partial charge in [-0.3, -0.25) is 9.69 Å². The number of amides is 1. The summed E-state index contributed by atoms with van der Waals surface area (Å²) in [5.74, 6) is 0.0793. The molecule has 1 spiro atoms. The highest BCUT2D eigenvalue weighted by Crippen LogP contribution is 2.32. The molecule has 1 unspecified atom stereocenters. The van der Waals surface area contributed by atoms with Crippen molar-refractivity contribution in [1.29, 1.82) is 5.26 Å². The number of ether oxygens (including phenoxy) is 1. The summed E-state index contributed by atoms with van der Waals surface area (Å²) < 4.78 is 6.07. The largest absolute Gasteiger partial charge is 0.360 e. The fraction of sp³-hybridized carbons (Fsp3) is 0.556. The molecule has 5 heteroatoms. The Morgan fingerprint density at radius 3 is 2.52 bits per heavy atom. The van der Waals surface area contributed by atoms with E-state index in [1.807, 2.05) is 43.1 Å². The van der Waals surface area contributed by atoms with Gasteiger partial charge in [-0.1, -0.05) is 12.1 Å². The van der Waals surface area contributed by atoms with Gasteiger partial charge >= 0.3 is 0 Å². The highest BCUT2D eigenvalue weighted by atomic mass is 16.5. The van der Waals surface area contributed by atoms with Crippen LogP contribution in [0.5, 0.6) is 0 Å². The van der Waals surface area contributed by atoms with Gasteiger partial charge in [0.15, 0.2) is 0 Å². The van der Waals surface area contributed by atoms with E-state index in [1.165, 1.54) is 5.56 Å². The molecule has 0 radical (unpaired) electrons. The first-order chi connectivity index (χ1) is 11.0. The number of hydrogen-bond acceptors (Lipinski definition) is 4. The SMILES string of the molecule is CC1OC2(CCN(Cc3ccc(C#N)cc3)CC2)CN(C)C1=O. The Balaban J connectivity index is 1.58. The monoisotopic (exact) mass is 313 g/mol. The minimum Gasteiger partial charge on any atom is -0.360 e. The minimum absolute atomic E-state index is 0.0793. The average molecular weight is 313 g/mol. The van der Waals surface area contributed by atoms with Gasteiger partial charge < -0.3 is 9.64 Å². The van der Waals surface area contributed by atoms with E-state index in [4.69, 9.17) is 10.00 Å². The highest BCUT2D eigenvalue weighted by Gasteiger charge is 2.44. The Labute approximate surface area is 137 Å². The van der Waals surface area contributed by atoms with Crippen LogP contribution in [0.1, 0.15) is 30.9 Å². The van der Waals surface area contributed by atoms with Gasteiger partial charge in [0.25, 0.3) is 5.91 Å². The van der Waals surface area contributed by atoms with Crippen molar-refractivity contribution in [3.63, 3.8) is 0 Å². The molecule has 23 heavy (non-hydrogen) atoms. The van der Waals surface area contributed by atoms with Crippen LogP contribution in [-0.2, 0) is 16.1 Å². The molecule has 0 N–H and O–H groups in total. The summed E-state index contributed by atoms with van der Waals surface area (Å²) in [6.07, 6.45) is 1.56. The second-order valence-corrected chi connectivity index (χ2v) is 6.72. The van der Waals surface area contributed by atoms with E-state index in [0.29, 0.717) is 12.1 Å². The second kappa shape index (κ2) is 6.31. The van der Waals surface area contributed by atoms with Crippen molar-refractivity contribution in [3.8, 4) is 6.07 Å². The number of morpholine rings is 1. The zero-order valence-corrected chi connectivity index (χ0v) is 13.8. The number of carbonyl (C=O) groups is 1. The molecule has 122 valence electrons. The van der Waals surface area contributed by atoms with E-state index < -0.39 is 0 Å². The number of nitrogens with zero attached hydrogens (tertiary/aromatic N) is 3. The van der Waals surface area contributed by atoms with E-state index >= 15 is 0 Å². The first-order valence-electron chi connectivity index (χ1n) is 8.15. The molecule has 1 aromatic rings. The summed E-state index contributed by atoms with van der Waals surface area (Å²) in [6.45, 7) is 5.37. The first-order valence-corrected chi connectivity index (χ1v) is 8.15. The lowest BCUT2D eigenvalue weighted by molar-refractivity contribution is -0.187. The Bertz CT molecular complexity index is 596. The lowest BCUT2D eigenvalue weighted by atomic mass is 9.88. The van der Waals surface area contributed by atoms with Crippen LogP contribution >= 0.6 is 0 Å². The number of hydrogen-bond donors (Lipinski definition) is 0. The number of piperidine rings is 1. The van der Waals surface area contributed by atoms with Crippen LogP contribution in [0.4, 0.5) is 0 Å². The molecule has 2 heterocycles. The first kappa shape index (κ1) is 16.0. The molecule has 0 aliphatic carbocycles. The summed E-state index contributed by atoms with van der Waals surface area (Å²) in [5, 5.41) is 8.85. The molecule has 0 bridgehead atoms. The molecule has 1 atom stereocenters. The molecule has 2 saturated heterocycles. The van der Waals surface area contributed by atoms with Crippen LogP contribution in [0.3, 0.4) is 0 Å². The molecule has 2 aliphatic rings. The third kappa shape index (κ3) is 3.39. The maximum absolute atomic E-state index is 11.9. The lowest BCUT2D eigenvalue weighted by Crippen LogP contribution is -2.60. The van der Waals surface area contributed by atoms with Crippen LogP contribution < -0.4 is 0 Å². The highest BCUT2D eigenvalue weighted by molar-refractivity contribution is 5.81. The molecule has 0 aromatic heterocycles. The van der Waals surface area contributed by atoms with Crippen LogP contribution in [0.2, 0.25) is 0 Å². The second-order valence-electron chi connectivity index (χ2n) is 6.72. The van der Waals surface area contributed by atoms with Gasteiger partial charge in [-0.2, -0.15) is 5.26 Å². The molecule has 2 fully saturated rings. The van der Waals surface area contributed by atoms with Crippen molar-refractivity contribution in [1.82, 2.24) is 9.80 Å². The summed E-state index contributed by atoms with van der Waals surface area (Å²) in [4.78, 5) is 16.1. The van der Waals surface area contributed by atoms with Crippen LogP contribution in [-0.4, -0.2) is 54.1 Å². The third-order valence-electron chi connectivity index (χ3n) is 4.93. The van der Waals surface area contributed by atoms with E-state index in [-0.39, 0.29) is 17.6 Å². The van der Waals surface area contributed by atoms with Crippen molar-refractivity contribution in [3.05, 3.63) is 35.4 Å². The number of rotatable bonds is 2. The van der Waals surface area contributed by atoms with Crippen LogP contribution in [0, 0.1) is 11.3 Å². The van der Waals surface area contributed by atoms with Gasteiger partial charge in [-0.15, -0.1) is 0 Å². The smallest absolute Gasteiger partial charge is 0.251 e. The van der Waals surface area contributed by atoms with Crippen LogP contribution in [0.15, 0.2) is 24.3 Å². The predicted molar refractivity (Wildman–Crippen MR) is 86.6 cm³/mol. The minimum atomic E-state index is -0.334. The van der Waals surface area contributed by atoms with E-state index in [9.17, 15) is 4.79 Å². The number of nitriles is 1. The normalized spacial score (nSPS) is 24.7. The topological polar surface area (TPSA) is 56.6 Å². The van der Waals surface area contributed by atoms with E-state index in [0.717, 1.165) is 32.5 Å². The summed E-state index contributed by atoms with van der Waals surface area (Å²) in [6, 6.07) is 9.93. The van der Waals surface area contributed by atoms with Crippen molar-refractivity contribution in [2.75, 3.05) is 26.7 Å². The van der Waals surface area contributed by atoms with E-state index in [1.54, 1.807) is 0 Å². The van der Waals surface area contributed by atoms with Gasteiger partial charge in [-0.05, 0) is 37.5 Å². The third-order valence-corrected chi connectivity index (χ3v) is 4.93. The molecule has 2 aliphatic heterocycles. The lowest BCUT2D eigenvalue weighted by Gasteiger charge is -2.48. The van der Waals surface area contributed by atoms with Gasteiger partial charge in [0, 0.05) is 33.2 Å². The molecular formula is C18H23N3O2. The average Bonchev–Trinajstić information content (AvgIpc) is 2.56. The maximum atomic E-state index is 11.9. The van der Waals surface area contributed by atoms with Crippen LogP contribution in [0.25, 0.3) is 0 Å². The van der Waals surface area contributed by atoms with Crippen molar-refractivity contribution in [2.24, 2.45) is 0 Å². The summed E-state index contributed by atoms with van der Waals surface area (Å²) in [5.41, 5.74) is 1.75. The fourth-order valence-corrected chi connectivity index (χ4v) is 3.62. The number of likely N-dealkylation sites (N-methyl/N-ethyl adjacent to an activating group) is 1. The Morgan fingerprint density at radius 2 is 1.96 bits per heavy atom. The zero-order chi connectivity index (χ0) is 16.4. The molecule has 3 rings (SSSR count). The quantitative estimate of drug-likeness (QED) is 0.835. The molecule has 1 aromatic carbocycles. The van der Waals surface area contributed by atoms with Crippen molar-refractivity contribution in [2.45, 2.75) is 38.0 Å². The molecule has 0 saturated carbocycles. The Morgan fingerprint density at radius 1 is 1.30 bits per heavy atom. The summed E-state index contributed by atoms with van der Waals surface area (Å²) >= 11 is 0. The van der Waals surface area contributed by atoms with E-state index in [2.05, 4.69) is 11.0 Å². The Hall–Kier alpha value is -1.90. The van der Waals surface area contributed by atoms with Crippen molar-refractivity contribution >= 4 is 5.91 Å². The van der Waals surface area contributed by atoms with Gasteiger partial charge in [0.2, 0.25) is 0 Å². The number of benzene rings is 1. The van der Waals surface area contributed by atoms with Gasteiger partial charge in [-0.25, -0.2) is 0 Å². The molecular weight excluding hydrogens is 290 g/mol. The zero-order valence-electron chi connectivity index (χ0n) is 13.8. The predicted octanol–water partition coefficient (Wildman–Crippen LogP) is 1.77. The summed E-state index contributed by atoms with van der Waals surface area (Å²) in [7, 11) is 1.87. The number of carbonyl (C=O) groups excluding carboxylic acids is 1. The van der Waals surface area contributed by atoms with Gasteiger partial charge in [0.1, 0.15) is 6.10 Å². The Kier molecular flexibility index (Phi) is 4.38. The maximum Gasteiger partial charge on any atom is 0.251 e. The van der Waals surface area contributed by atoms with Gasteiger partial charge in [0.05, 0.1) is 17.2 Å². The standard InChI is InChI=1S/C18H23N3O2/c1-14-17(22)20(2)13-18(23-14)7-9-21(10-8-18)12-16-5-3-15(11-19)4-6-16/h3-6,14H,7-10,12-13H2,1-2H3. The fourth-order valence-electron chi connectivity index (χ4n) is 3.62. The number of likely N-dealkylation sites (tertiary alicyclic amines) is 1. The molecule has 1 amide bonds. The molecule has 5 nitrogen and oxygen atoms in total. The van der Waals surface area contributed by atoms with Crippen molar-refractivity contribution < 1.29 is 9.53 Å².